The van der Waals surface area contributed by atoms with Gasteiger partial charge in [-0.15, -0.1) is 11.6 Å². The molecule has 11 heavy (non-hydrogen) atoms. The summed E-state index contributed by atoms with van der Waals surface area (Å²) < 4.78 is 0. The van der Waals surface area contributed by atoms with Gasteiger partial charge < -0.3 is 0 Å². The minimum absolute atomic E-state index is 0.314. The first kappa shape index (κ1) is 11.3. The molecule has 0 amide bonds. The van der Waals surface area contributed by atoms with E-state index in [1.807, 2.05) is 0 Å². The van der Waals surface area contributed by atoms with E-state index in [1.54, 1.807) is 0 Å². The van der Waals surface area contributed by atoms with Gasteiger partial charge in [0.05, 0.1) is 0 Å². The number of hydrogen-bond acceptors (Lipinski definition) is 0. The van der Waals surface area contributed by atoms with Gasteiger partial charge in [-0.1, -0.05) is 34.6 Å². The molecule has 0 heterocycles. The molecule has 0 atom stereocenters. The zero-order valence-electron chi connectivity index (χ0n) is 8.50. The maximum Gasteiger partial charge on any atom is 0.0274 e. The molecule has 0 spiro atoms. The molecule has 0 fully saturated rings. The Morgan fingerprint density at radius 2 is 1.36 bits per heavy atom. The Balaban J connectivity index is 3.70. The van der Waals surface area contributed by atoms with Crippen LogP contribution < -0.4 is 0 Å². The Morgan fingerprint density at radius 1 is 0.909 bits per heavy atom. The number of alkyl halides is 1. The lowest BCUT2D eigenvalue weighted by Crippen LogP contribution is -2.17. The molecule has 0 N–H and O–H groups in total. The predicted octanol–water partition coefficient (Wildman–Crippen LogP) is 4.08. The Hall–Kier alpha value is 0.290. The molecule has 0 aliphatic heterocycles. The van der Waals surface area contributed by atoms with Crippen molar-refractivity contribution >= 4 is 11.6 Å². The van der Waals surface area contributed by atoms with E-state index in [1.165, 1.54) is 12.8 Å². The van der Waals surface area contributed by atoms with Crippen molar-refractivity contribution < 1.29 is 0 Å². The monoisotopic (exact) mass is 176 g/mol. The lowest BCUT2D eigenvalue weighted by Gasteiger charge is -2.26. The standard InChI is InChI=1S/C10H21Cl/c1-9(2,3)6-7-10(4,5)8-11/h6-8H2,1-5H3. The van der Waals surface area contributed by atoms with E-state index in [0.717, 1.165) is 5.88 Å². The summed E-state index contributed by atoms with van der Waals surface area (Å²) in [6.45, 7) is 11.3. The molecule has 0 aliphatic rings. The van der Waals surface area contributed by atoms with Crippen LogP contribution in [0.4, 0.5) is 0 Å². The van der Waals surface area contributed by atoms with Gasteiger partial charge in [0.15, 0.2) is 0 Å². The SMILES string of the molecule is CC(C)(C)CCC(C)(C)CCl. The lowest BCUT2D eigenvalue weighted by molar-refractivity contribution is 0.278. The van der Waals surface area contributed by atoms with Gasteiger partial charge in [0.1, 0.15) is 0 Å². The zero-order valence-corrected chi connectivity index (χ0v) is 9.26. The fourth-order valence-corrected chi connectivity index (χ4v) is 0.914. The van der Waals surface area contributed by atoms with Gasteiger partial charge in [-0.05, 0) is 23.7 Å². The number of rotatable bonds is 3. The molecule has 0 bridgehead atoms. The van der Waals surface area contributed by atoms with Crippen LogP contribution in [0.15, 0.2) is 0 Å². The molecule has 0 rings (SSSR count). The second kappa shape index (κ2) is 3.80. The van der Waals surface area contributed by atoms with Crippen LogP contribution >= 0.6 is 11.6 Å². The Bertz CT molecular complexity index is 109. The van der Waals surface area contributed by atoms with Gasteiger partial charge in [0, 0.05) is 5.88 Å². The highest BCUT2D eigenvalue weighted by atomic mass is 35.5. The molecule has 0 unspecified atom stereocenters. The van der Waals surface area contributed by atoms with Crippen molar-refractivity contribution in [3.63, 3.8) is 0 Å². The fraction of sp³-hybridized carbons (Fsp3) is 1.00. The van der Waals surface area contributed by atoms with Crippen LogP contribution in [0.5, 0.6) is 0 Å². The highest BCUT2D eigenvalue weighted by Gasteiger charge is 2.20. The van der Waals surface area contributed by atoms with E-state index < -0.39 is 0 Å². The Labute approximate surface area is 76.3 Å². The number of hydrogen-bond donors (Lipinski definition) is 0. The van der Waals surface area contributed by atoms with Crippen LogP contribution in [-0.4, -0.2) is 5.88 Å². The van der Waals surface area contributed by atoms with Gasteiger partial charge in [0.25, 0.3) is 0 Å². The quantitative estimate of drug-likeness (QED) is 0.569. The molecule has 0 radical (unpaired) electrons. The average molecular weight is 177 g/mol. The third-order valence-electron chi connectivity index (χ3n) is 1.91. The molecule has 0 aromatic rings. The minimum Gasteiger partial charge on any atom is -0.126 e. The summed E-state index contributed by atoms with van der Waals surface area (Å²) in [7, 11) is 0. The van der Waals surface area contributed by atoms with Crippen molar-refractivity contribution in [2.75, 3.05) is 5.88 Å². The van der Waals surface area contributed by atoms with Crippen LogP contribution in [0.1, 0.15) is 47.5 Å². The largest absolute Gasteiger partial charge is 0.126 e. The van der Waals surface area contributed by atoms with E-state index in [4.69, 9.17) is 11.6 Å². The number of halogens is 1. The van der Waals surface area contributed by atoms with Crippen LogP contribution in [0.2, 0.25) is 0 Å². The molecule has 0 aromatic heterocycles. The van der Waals surface area contributed by atoms with Gasteiger partial charge in [0.2, 0.25) is 0 Å². The maximum atomic E-state index is 5.82. The lowest BCUT2D eigenvalue weighted by atomic mass is 9.81. The van der Waals surface area contributed by atoms with Crippen LogP contribution in [0, 0.1) is 10.8 Å². The third kappa shape index (κ3) is 6.68. The van der Waals surface area contributed by atoms with Gasteiger partial charge in [-0.3, -0.25) is 0 Å². The summed E-state index contributed by atoms with van der Waals surface area (Å²) >= 11 is 5.82. The fourth-order valence-electron chi connectivity index (χ4n) is 0.780. The van der Waals surface area contributed by atoms with Crippen molar-refractivity contribution in [3.8, 4) is 0 Å². The zero-order chi connectivity index (χ0) is 9.12. The van der Waals surface area contributed by atoms with Gasteiger partial charge in [-0.25, -0.2) is 0 Å². The second-order valence-corrected chi connectivity index (χ2v) is 5.63. The molecule has 1 heteroatoms. The molecule has 68 valence electrons. The molecule has 0 aromatic carbocycles. The third-order valence-corrected chi connectivity index (χ3v) is 2.64. The summed E-state index contributed by atoms with van der Waals surface area (Å²) in [6, 6.07) is 0. The van der Waals surface area contributed by atoms with Crippen LogP contribution in [0.3, 0.4) is 0 Å². The topological polar surface area (TPSA) is 0 Å². The Kier molecular flexibility index (Phi) is 3.90. The molecule has 0 saturated heterocycles. The van der Waals surface area contributed by atoms with E-state index >= 15 is 0 Å². The summed E-state index contributed by atoms with van der Waals surface area (Å²) in [6.07, 6.45) is 2.48. The predicted molar refractivity (Wildman–Crippen MR) is 53.2 cm³/mol. The maximum absolute atomic E-state index is 5.82. The van der Waals surface area contributed by atoms with Crippen molar-refractivity contribution in [3.05, 3.63) is 0 Å². The molecular weight excluding hydrogens is 156 g/mol. The Morgan fingerprint density at radius 3 is 1.64 bits per heavy atom. The van der Waals surface area contributed by atoms with Crippen molar-refractivity contribution in [1.82, 2.24) is 0 Å². The van der Waals surface area contributed by atoms with Crippen LogP contribution in [0.25, 0.3) is 0 Å². The van der Waals surface area contributed by atoms with Gasteiger partial charge >= 0.3 is 0 Å². The molecule has 0 aliphatic carbocycles. The molecule has 0 saturated carbocycles. The smallest absolute Gasteiger partial charge is 0.0274 e. The minimum atomic E-state index is 0.314. The van der Waals surface area contributed by atoms with E-state index in [9.17, 15) is 0 Å². The summed E-state index contributed by atoms with van der Waals surface area (Å²) in [5, 5.41) is 0. The summed E-state index contributed by atoms with van der Waals surface area (Å²) in [4.78, 5) is 0. The van der Waals surface area contributed by atoms with Crippen molar-refractivity contribution in [1.29, 1.82) is 0 Å². The molecular formula is C10H21Cl. The van der Waals surface area contributed by atoms with Crippen molar-refractivity contribution in [2.45, 2.75) is 47.5 Å². The van der Waals surface area contributed by atoms with E-state index in [0.29, 0.717) is 10.8 Å². The van der Waals surface area contributed by atoms with Crippen molar-refractivity contribution in [2.24, 2.45) is 10.8 Å². The first-order chi connectivity index (χ1) is 4.77. The van der Waals surface area contributed by atoms with Crippen LogP contribution in [-0.2, 0) is 0 Å². The highest BCUT2D eigenvalue weighted by Crippen LogP contribution is 2.30. The molecule has 0 nitrogen and oxygen atoms in total. The van der Waals surface area contributed by atoms with E-state index in [-0.39, 0.29) is 0 Å². The van der Waals surface area contributed by atoms with Gasteiger partial charge in [-0.2, -0.15) is 0 Å². The first-order valence-corrected chi connectivity index (χ1v) is 4.86. The summed E-state index contributed by atoms with van der Waals surface area (Å²) in [5.74, 6) is 0.767. The van der Waals surface area contributed by atoms with E-state index in [2.05, 4.69) is 34.6 Å². The second-order valence-electron chi connectivity index (χ2n) is 5.36. The highest BCUT2D eigenvalue weighted by molar-refractivity contribution is 6.18. The average Bonchev–Trinajstić information content (AvgIpc) is 1.83. The summed E-state index contributed by atoms with van der Waals surface area (Å²) in [5.41, 5.74) is 0.762. The normalized spacial score (nSPS) is 13.6. The first-order valence-electron chi connectivity index (χ1n) is 4.33.